The molecule has 0 bridgehead atoms. The molecule has 6 heteroatoms. The highest BCUT2D eigenvalue weighted by molar-refractivity contribution is 6.28. The quantitative estimate of drug-likeness (QED) is 0.718. The Morgan fingerprint density at radius 2 is 2.00 bits per heavy atom. The SMILES string of the molecule is CCCc1ccc(Nc2nc(Cl)nc3nc[nH]c23)cc1. The number of nitrogens with one attached hydrogen (secondary N) is 2. The summed E-state index contributed by atoms with van der Waals surface area (Å²) in [4.78, 5) is 15.3. The lowest BCUT2D eigenvalue weighted by Gasteiger charge is -2.07. The van der Waals surface area contributed by atoms with Gasteiger partial charge in [-0.15, -0.1) is 0 Å². The summed E-state index contributed by atoms with van der Waals surface area (Å²) >= 11 is 5.90. The summed E-state index contributed by atoms with van der Waals surface area (Å²) in [5.74, 6) is 0.626. The molecule has 0 aliphatic heterocycles. The number of H-pyrrole nitrogens is 1. The molecule has 2 N–H and O–H groups in total. The van der Waals surface area contributed by atoms with Crippen LogP contribution in [0, 0.1) is 0 Å². The van der Waals surface area contributed by atoms with E-state index in [0.717, 1.165) is 24.0 Å². The van der Waals surface area contributed by atoms with Crippen molar-refractivity contribution < 1.29 is 0 Å². The number of benzene rings is 1. The minimum Gasteiger partial charge on any atom is -0.340 e. The van der Waals surface area contributed by atoms with Gasteiger partial charge >= 0.3 is 0 Å². The van der Waals surface area contributed by atoms with Gasteiger partial charge in [-0.1, -0.05) is 25.5 Å². The second-order valence-electron chi connectivity index (χ2n) is 4.51. The predicted octanol–water partition coefficient (Wildman–Crippen LogP) is 3.70. The van der Waals surface area contributed by atoms with Gasteiger partial charge in [-0.3, -0.25) is 0 Å². The lowest BCUT2D eigenvalue weighted by atomic mass is 10.1. The fraction of sp³-hybridized carbons (Fsp3) is 0.214. The number of aromatic nitrogens is 4. The van der Waals surface area contributed by atoms with Crippen LogP contribution in [0.4, 0.5) is 11.5 Å². The lowest BCUT2D eigenvalue weighted by Crippen LogP contribution is -1.97. The van der Waals surface area contributed by atoms with Crippen molar-refractivity contribution >= 4 is 34.3 Å². The second kappa shape index (κ2) is 5.46. The normalized spacial score (nSPS) is 10.9. The molecule has 0 atom stereocenters. The fourth-order valence-corrected chi connectivity index (χ4v) is 2.24. The first kappa shape index (κ1) is 12.9. The number of hydrogen-bond acceptors (Lipinski definition) is 4. The molecule has 1 aromatic carbocycles. The topological polar surface area (TPSA) is 66.5 Å². The molecule has 0 amide bonds. The van der Waals surface area contributed by atoms with E-state index in [2.05, 4.69) is 44.3 Å². The van der Waals surface area contributed by atoms with Gasteiger partial charge in [0.1, 0.15) is 5.52 Å². The van der Waals surface area contributed by atoms with Gasteiger partial charge in [0.15, 0.2) is 11.5 Å². The molecule has 5 nitrogen and oxygen atoms in total. The van der Waals surface area contributed by atoms with Crippen LogP contribution in [-0.2, 0) is 6.42 Å². The smallest absolute Gasteiger partial charge is 0.226 e. The van der Waals surface area contributed by atoms with E-state index in [9.17, 15) is 0 Å². The Morgan fingerprint density at radius 1 is 1.20 bits per heavy atom. The Hall–Kier alpha value is -2.14. The van der Waals surface area contributed by atoms with Crippen LogP contribution in [0.15, 0.2) is 30.6 Å². The summed E-state index contributed by atoms with van der Waals surface area (Å²) in [7, 11) is 0. The van der Waals surface area contributed by atoms with Crippen LogP contribution in [-0.4, -0.2) is 19.9 Å². The number of fused-ring (bicyclic) bond motifs is 1. The van der Waals surface area contributed by atoms with Gasteiger partial charge in [-0.25, -0.2) is 4.98 Å². The third-order valence-corrected chi connectivity index (χ3v) is 3.18. The van der Waals surface area contributed by atoms with Crippen molar-refractivity contribution in [2.45, 2.75) is 19.8 Å². The van der Waals surface area contributed by atoms with Crippen molar-refractivity contribution in [3.05, 3.63) is 41.4 Å². The van der Waals surface area contributed by atoms with Crippen molar-refractivity contribution in [1.29, 1.82) is 0 Å². The molecule has 0 radical (unpaired) electrons. The maximum Gasteiger partial charge on any atom is 0.226 e. The van der Waals surface area contributed by atoms with E-state index in [1.54, 1.807) is 6.33 Å². The Kier molecular flexibility index (Phi) is 3.52. The monoisotopic (exact) mass is 287 g/mol. The fourth-order valence-electron chi connectivity index (χ4n) is 2.08. The van der Waals surface area contributed by atoms with E-state index in [0.29, 0.717) is 11.5 Å². The largest absolute Gasteiger partial charge is 0.340 e. The first-order chi connectivity index (χ1) is 9.76. The summed E-state index contributed by atoms with van der Waals surface area (Å²) in [6, 6.07) is 8.28. The highest BCUT2D eigenvalue weighted by Crippen LogP contribution is 2.23. The summed E-state index contributed by atoms with van der Waals surface area (Å²) < 4.78 is 0. The molecule has 0 spiro atoms. The number of hydrogen-bond donors (Lipinski definition) is 2. The Balaban J connectivity index is 1.90. The number of aromatic amines is 1. The number of rotatable bonds is 4. The number of halogens is 1. The molecule has 102 valence electrons. The van der Waals surface area contributed by atoms with Gasteiger partial charge in [0, 0.05) is 5.69 Å². The Labute approximate surface area is 121 Å². The highest BCUT2D eigenvalue weighted by atomic mass is 35.5. The van der Waals surface area contributed by atoms with Crippen LogP contribution in [0.1, 0.15) is 18.9 Å². The molecule has 3 aromatic rings. The van der Waals surface area contributed by atoms with Gasteiger partial charge in [0.25, 0.3) is 0 Å². The molecular formula is C14H14ClN5. The van der Waals surface area contributed by atoms with Crippen molar-refractivity contribution in [2.75, 3.05) is 5.32 Å². The van der Waals surface area contributed by atoms with Crippen LogP contribution >= 0.6 is 11.6 Å². The Bertz CT molecular complexity index is 720. The van der Waals surface area contributed by atoms with Crippen LogP contribution < -0.4 is 5.32 Å². The van der Waals surface area contributed by atoms with Crippen LogP contribution in [0.2, 0.25) is 5.28 Å². The van der Waals surface area contributed by atoms with Crippen LogP contribution in [0.3, 0.4) is 0 Å². The van der Waals surface area contributed by atoms with Crippen LogP contribution in [0.25, 0.3) is 11.2 Å². The standard InChI is InChI=1S/C14H14ClN5/c1-2-3-9-4-6-10(7-5-9)18-13-11-12(17-8-16-11)19-14(15)20-13/h4-8H,2-3H2,1H3,(H2,16,17,18,19,20). The number of anilines is 2. The molecule has 0 aliphatic carbocycles. The van der Waals surface area contributed by atoms with E-state index in [1.807, 2.05) is 12.1 Å². The lowest BCUT2D eigenvalue weighted by molar-refractivity contribution is 0.922. The van der Waals surface area contributed by atoms with Gasteiger partial charge in [0.05, 0.1) is 6.33 Å². The van der Waals surface area contributed by atoms with Crippen molar-refractivity contribution in [1.82, 2.24) is 19.9 Å². The third-order valence-electron chi connectivity index (χ3n) is 3.01. The summed E-state index contributed by atoms with van der Waals surface area (Å²) in [5, 5.41) is 3.41. The molecule has 2 aromatic heterocycles. The summed E-state index contributed by atoms with van der Waals surface area (Å²) in [6.07, 6.45) is 3.80. The number of nitrogens with zero attached hydrogens (tertiary/aromatic N) is 3. The minimum absolute atomic E-state index is 0.176. The first-order valence-corrected chi connectivity index (χ1v) is 6.86. The van der Waals surface area contributed by atoms with Crippen molar-refractivity contribution in [3.8, 4) is 0 Å². The Morgan fingerprint density at radius 3 is 2.75 bits per heavy atom. The minimum atomic E-state index is 0.176. The van der Waals surface area contributed by atoms with E-state index >= 15 is 0 Å². The average molecular weight is 288 g/mol. The zero-order valence-electron chi connectivity index (χ0n) is 11.0. The maximum atomic E-state index is 5.90. The summed E-state index contributed by atoms with van der Waals surface area (Å²) in [6.45, 7) is 2.17. The third kappa shape index (κ3) is 2.58. The van der Waals surface area contributed by atoms with Gasteiger partial charge in [0.2, 0.25) is 5.28 Å². The van der Waals surface area contributed by atoms with Gasteiger partial charge in [-0.2, -0.15) is 9.97 Å². The second-order valence-corrected chi connectivity index (χ2v) is 4.85. The van der Waals surface area contributed by atoms with Crippen molar-refractivity contribution in [2.24, 2.45) is 0 Å². The molecule has 2 heterocycles. The van der Waals surface area contributed by atoms with E-state index in [-0.39, 0.29) is 5.28 Å². The van der Waals surface area contributed by atoms with E-state index < -0.39 is 0 Å². The highest BCUT2D eigenvalue weighted by Gasteiger charge is 2.08. The molecule has 0 saturated carbocycles. The zero-order chi connectivity index (χ0) is 13.9. The molecule has 0 fully saturated rings. The maximum absolute atomic E-state index is 5.90. The average Bonchev–Trinajstić information content (AvgIpc) is 2.89. The molecule has 0 saturated heterocycles. The molecular weight excluding hydrogens is 274 g/mol. The molecule has 3 rings (SSSR count). The zero-order valence-corrected chi connectivity index (χ0v) is 11.8. The van der Waals surface area contributed by atoms with E-state index in [1.165, 1.54) is 5.56 Å². The summed E-state index contributed by atoms with van der Waals surface area (Å²) in [5.41, 5.74) is 3.57. The molecule has 0 aliphatic rings. The first-order valence-electron chi connectivity index (χ1n) is 6.49. The predicted molar refractivity (Wildman–Crippen MR) is 80.4 cm³/mol. The van der Waals surface area contributed by atoms with Gasteiger partial charge in [-0.05, 0) is 35.7 Å². The molecule has 20 heavy (non-hydrogen) atoms. The van der Waals surface area contributed by atoms with Gasteiger partial charge < -0.3 is 10.3 Å². The van der Waals surface area contributed by atoms with E-state index in [4.69, 9.17) is 11.6 Å². The van der Waals surface area contributed by atoms with Crippen molar-refractivity contribution in [3.63, 3.8) is 0 Å². The number of imidazole rings is 1. The van der Waals surface area contributed by atoms with Crippen LogP contribution in [0.5, 0.6) is 0 Å². The number of aryl methyl sites for hydroxylation is 1. The molecule has 0 unspecified atom stereocenters.